The van der Waals surface area contributed by atoms with Crippen LogP contribution >= 0.6 is 0 Å². The summed E-state index contributed by atoms with van der Waals surface area (Å²) in [5.74, 6) is 0.320. The highest BCUT2D eigenvalue weighted by Crippen LogP contribution is 2.36. The Morgan fingerprint density at radius 3 is 3.10 bits per heavy atom. The molecule has 2 aromatic rings. The van der Waals surface area contributed by atoms with E-state index in [0.717, 1.165) is 30.4 Å². The smallest absolute Gasteiger partial charge is 0.116 e. The molecule has 1 saturated heterocycles. The van der Waals surface area contributed by atoms with Crippen molar-refractivity contribution in [2.24, 2.45) is 0 Å². The van der Waals surface area contributed by atoms with Gasteiger partial charge in [-0.2, -0.15) is 0 Å². The van der Waals surface area contributed by atoms with E-state index in [9.17, 15) is 5.11 Å². The maximum Gasteiger partial charge on any atom is 0.116 e. The molecule has 2 N–H and O–H groups in total. The van der Waals surface area contributed by atoms with Crippen molar-refractivity contribution in [3.8, 4) is 5.75 Å². The van der Waals surface area contributed by atoms with E-state index in [2.05, 4.69) is 15.2 Å². The molecule has 20 heavy (non-hydrogen) atoms. The second-order valence-electron chi connectivity index (χ2n) is 5.80. The number of phenolic OH excluding ortho intramolecular Hbond substituents is 1. The zero-order chi connectivity index (χ0) is 13.5. The third-order valence-corrected chi connectivity index (χ3v) is 4.54. The van der Waals surface area contributed by atoms with E-state index in [1.165, 1.54) is 30.6 Å². The third-order valence-electron chi connectivity index (χ3n) is 4.54. The van der Waals surface area contributed by atoms with Gasteiger partial charge in [0.05, 0.1) is 11.2 Å². The lowest BCUT2D eigenvalue weighted by Gasteiger charge is -2.30. The molecule has 0 spiro atoms. The van der Waals surface area contributed by atoms with Gasteiger partial charge in [0.1, 0.15) is 5.75 Å². The van der Waals surface area contributed by atoms with Gasteiger partial charge < -0.3 is 15.3 Å². The molecule has 1 aromatic heterocycles. The van der Waals surface area contributed by atoms with Crippen molar-refractivity contribution in [3.05, 3.63) is 30.0 Å². The van der Waals surface area contributed by atoms with Crippen molar-refractivity contribution in [1.29, 1.82) is 0 Å². The van der Waals surface area contributed by atoms with Crippen LogP contribution in [0.15, 0.2) is 24.4 Å². The number of benzene rings is 1. The SMILES string of the molecule is Oc1ccc2ncc3c(c2c1)N(CCC1CCN1)CC3. The number of hydrogen-bond donors (Lipinski definition) is 2. The molecule has 4 rings (SSSR count). The molecule has 3 heterocycles. The van der Waals surface area contributed by atoms with Crippen LogP contribution in [0.2, 0.25) is 0 Å². The highest BCUT2D eigenvalue weighted by molar-refractivity contribution is 5.95. The van der Waals surface area contributed by atoms with Crippen LogP contribution in [0, 0.1) is 0 Å². The fourth-order valence-electron chi connectivity index (χ4n) is 3.26. The Hall–Kier alpha value is -1.81. The summed E-state index contributed by atoms with van der Waals surface area (Å²) in [5, 5.41) is 14.3. The van der Waals surface area contributed by atoms with Crippen molar-refractivity contribution in [1.82, 2.24) is 10.3 Å². The minimum atomic E-state index is 0.320. The summed E-state index contributed by atoms with van der Waals surface area (Å²) in [4.78, 5) is 6.96. The summed E-state index contributed by atoms with van der Waals surface area (Å²) in [6.07, 6.45) is 5.56. The van der Waals surface area contributed by atoms with Gasteiger partial charge >= 0.3 is 0 Å². The van der Waals surface area contributed by atoms with Crippen molar-refractivity contribution >= 4 is 16.6 Å². The molecule has 4 heteroatoms. The van der Waals surface area contributed by atoms with E-state index >= 15 is 0 Å². The molecule has 2 aliphatic heterocycles. The lowest BCUT2D eigenvalue weighted by Crippen LogP contribution is -2.44. The molecule has 0 saturated carbocycles. The van der Waals surface area contributed by atoms with Crippen LogP contribution in [0.25, 0.3) is 10.9 Å². The van der Waals surface area contributed by atoms with Crippen molar-refractivity contribution in [2.75, 3.05) is 24.5 Å². The molecular weight excluding hydrogens is 250 g/mol. The maximum atomic E-state index is 9.76. The third kappa shape index (κ3) is 1.91. The predicted molar refractivity (Wildman–Crippen MR) is 80.3 cm³/mol. The molecule has 1 atom stereocenters. The van der Waals surface area contributed by atoms with E-state index in [-0.39, 0.29) is 0 Å². The Labute approximate surface area is 118 Å². The lowest BCUT2D eigenvalue weighted by atomic mass is 10.0. The highest BCUT2D eigenvalue weighted by Gasteiger charge is 2.24. The molecule has 1 fully saturated rings. The molecule has 0 bridgehead atoms. The zero-order valence-electron chi connectivity index (χ0n) is 11.5. The normalized spacial score (nSPS) is 21.0. The van der Waals surface area contributed by atoms with Crippen LogP contribution in [-0.2, 0) is 6.42 Å². The standard InChI is InChI=1S/C16H19N3O/c20-13-1-2-15-14(9-13)16-11(10-18-15)4-7-19(16)8-5-12-3-6-17-12/h1-2,9-10,12,17,20H,3-8H2. The number of aromatic nitrogens is 1. The minimum absolute atomic E-state index is 0.320. The lowest BCUT2D eigenvalue weighted by molar-refractivity contribution is 0.352. The number of hydrogen-bond acceptors (Lipinski definition) is 4. The van der Waals surface area contributed by atoms with Gasteiger partial charge in [-0.15, -0.1) is 0 Å². The van der Waals surface area contributed by atoms with Gasteiger partial charge in [-0.25, -0.2) is 0 Å². The number of rotatable bonds is 3. The molecule has 2 aliphatic rings. The van der Waals surface area contributed by atoms with Gasteiger partial charge in [0.25, 0.3) is 0 Å². The quantitative estimate of drug-likeness (QED) is 0.895. The molecule has 0 radical (unpaired) electrons. The first kappa shape index (κ1) is 12.0. The molecule has 0 amide bonds. The molecule has 1 aromatic carbocycles. The first-order chi connectivity index (χ1) is 9.81. The summed E-state index contributed by atoms with van der Waals surface area (Å²) in [6, 6.07) is 6.15. The number of fused-ring (bicyclic) bond motifs is 3. The second kappa shape index (κ2) is 4.63. The highest BCUT2D eigenvalue weighted by atomic mass is 16.3. The van der Waals surface area contributed by atoms with E-state index in [0.29, 0.717) is 11.8 Å². The van der Waals surface area contributed by atoms with Crippen LogP contribution in [0.1, 0.15) is 18.4 Å². The van der Waals surface area contributed by atoms with E-state index in [1.54, 1.807) is 6.07 Å². The average molecular weight is 269 g/mol. The minimum Gasteiger partial charge on any atom is -0.508 e. The molecule has 4 nitrogen and oxygen atoms in total. The summed E-state index contributed by atoms with van der Waals surface area (Å²) < 4.78 is 0. The van der Waals surface area contributed by atoms with Crippen LogP contribution in [0.5, 0.6) is 5.75 Å². The molecule has 1 unspecified atom stereocenters. The zero-order valence-corrected chi connectivity index (χ0v) is 11.5. The van der Waals surface area contributed by atoms with Gasteiger partial charge in [-0.05, 0) is 49.6 Å². The van der Waals surface area contributed by atoms with Gasteiger partial charge in [-0.1, -0.05) is 0 Å². The second-order valence-corrected chi connectivity index (χ2v) is 5.80. The van der Waals surface area contributed by atoms with E-state index < -0.39 is 0 Å². The maximum absolute atomic E-state index is 9.76. The molecular formula is C16H19N3O. The van der Waals surface area contributed by atoms with Gasteiger partial charge in [0, 0.05) is 30.7 Å². The van der Waals surface area contributed by atoms with Crippen LogP contribution < -0.4 is 10.2 Å². The van der Waals surface area contributed by atoms with E-state index in [4.69, 9.17) is 0 Å². The Morgan fingerprint density at radius 2 is 2.30 bits per heavy atom. The van der Waals surface area contributed by atoms with Crippen LogP contribution in [0.3, 0.4) is 0 Å². The Bertz CT molecular complexity index is 651. The molecule has 0 aliphatic carbocycles. The summed E-state index contributed by atoms with van der Waals surface area (Å²) in [7, 11) is 0. The Kier molecular flexibility index (Phi) is 2.77. The van der Waals surface area contributed by atoms with Crippen LogP contribution in [0.4, 0.5) is 5.69 Å². The Balaban J connectivity index is 1.68. The molecule has 104 valence electrons. The fourth-order valence-corrected chi connectivity index (χ4v) is 3.26. The first-order valence-corrected chi connectivity index (χ1v) is 7.40. The largest absolute Gasteiger partial charge is 0.508 e. The Morgan fingerprint density at radius 1 is 1.40 bits per heavy atom. The number of nitrogens with one attached hydrogen (secondary N) is 1. The number of anilines is 1. The summed E-state index contributed by atoms with van der Waals surface area (Å²) >= 11 is 0. The van der Waals surface area contributed by atoms with Crippen molar-refractivity contribution in [3.63, 3.8) is 0 Å². The van der Waals surface area contributed by atoms with E-state index in [1.807, 2.05) is 18.3 Å². The topological polar surface area (TPSA) is 48.4 Å². The van der Waals surface area contributed by atoms with Crippen molar-refractivity contribution in [2.45, 2.75) is 25.3 Å². The van der Waals surface area contributed by atoms with Crippen LogP contribution in [-0.4, -0.2) is 35.8 Å². The number of aromatic hydroxyl groups is 1. The van der Waals surface area contributed by atoms with Gasteiger partial charge in [-0.3, -0.25) is 4.98 Å². The first-order valence-electron chi connectivity index (χ1n) is 7.40. The number of pyridine rings is 1. The van der Waals surface area contributed by atoms with Gasteiger partial charge in [0.2, 0.25) is 0 Å². The predicted octanol–water partition coefficient (Wildman–Crippen LogP) is 2.05. The van der Waals surface area contributed by atoms with Crippen molar-refractivity contribution < 1.29 is 5.11 Å². The monoisotopic (exact) mass is 269 g/mol. The average Bonchev–Trinajstić information content (AvgIpc) is 2.80. The summed E-state index contributed by atoms with van der Waals surface area (Å²) in [6.45, 7) is 3.32. The number of nitrogens with zero attached hydrogens (tertiary/aromatic N) is 2. The summed E-state index contributed by atoms with van der Waals surface area (Å²) in [5.41, 5.74) is 3.56. The number of phenols is 1. The van der Waals surface area contributed by atoms with Gasteiger partial charge in [0.15, 0.2) is 0 Å². The fraction of sp³-hybridized carbons (Fsp3) is 0.438.